The molecule has 1 saturated heterocycles. The van der Waals surface area contributed by atoms with E-state index in [0.717, 1.165) is 0 Å². The average Bonchev–Trinajstić information content (AvgIpc) is 2.41. The third kappa shape index (κ3) is 3.50. The van der Waals surface area contributed by atoms with Gasteiger partial charge in [0, 0.05) is 0 Å². The zero-order chi connectivity index (χ0) is 24.6. The second-order valence-electron chi connectivity index (χ2n) is 5.14. The summed E-state index contributed by atoms with van der Waals surface area (Å²) in [5.74, 6) is -23.9. The maximum absolute atomic E-state index is 13.6. The molecular weight excluding hydrogens is 498 g/mol. The maximum Gasteiger partial charge on any atom is 0.458 e. The molecule has 21 heteroatoms. The van der Waals surface area contributed by atoms with Gasteiger partial charge in [-0.05, 0) is 0 Å². The van der Waals surface area contributed by atoms with Gasteiger partial charge in [0.25, 0.3) is 0 Å². The monoisotopic (exact) mass is 498 g/mol. The molecule has 0 aliphatic carbocycles. The minimum absolute atomic E-state index is 1.38. The van der Waals surface area contributed by atoms with Gasteiger partial charge >= 0.3 is 54.4 Å². The first-order chi connectivity index (χ1) is 12.6. The van der Waals surface area contributed by atoms with Crippen molar-refractivity contribution in [2.24, 2.45) is 0 Å². The minimum atomic E-state index is -7.97. The summed E-state index contributed by atoms with van der Waals surface area (Å²) in [6.07, 6.45) is -47.5. The van der Waals surface area contributed by atoms with Crippen LogP contribution < -0.4 is 0 Å². The van der Waals surface area contributed by atoms with E-state index >= 15 is 0 Å². The van der Waals surface area contributed by atoms with Crippen LogP contribution in [0.25, 0.3) is 0 Å². The first kappa shape index (κ1) is 26.7. The molecule has 0 saturated carbocycles. The van der Waals surface area contributed by atoms with Crippen molar-refractivity contribution < 1.29 is 93.2 Å². The lowest BCUT2D eigenvalue weighted by atomic mass is 10.2. The highest BCUT2D eigenvalue weighted by Crippen LogP contribution is 2.62. The van der Waals surface area contributed by atoms with Gasteiger partial charge < -0.3 is 0 Å². The SMILES string of the molecule is FC(F)(F)[C@]1(F)OC(F)(F)[C@](F)(C(F)(F)F)OC(F)(F)[C@@](F)(C(F)(F)F)OC1(F)F. The van der Waals surface area contributed by atoms with Crippen LogP contribution in [-0.4, -0.2) is 54.4 Å². The topological polar surface area (TPSA) is 27.7 Å². The van der Waals surface area contributed by atoms with Gasteiger partial charge in [0.15, 0.2) is 0 Å². The van der Waals surface area contributed by atoms with Gasteiger partial charge in [0.2, 0.25) is 0 Å². The summed E-state index contributed by atoms with van der Waals surface area (Å²) in [5.41, 5.74) is 0. The summed E-state index contributed by atoms with van der Waals surface area (Å²) in [5, 5.41) is 0. The highest BCUT2D eigenvalue weighted by atomic mass is 19.4. The number of rotatable bonds is 0. The van der Waals surface area contributed by atoms with E-state index in [1.165, 1.54) is 14.2 Å². The Morgan fingerprint density at radius 3 is 0.567 bits per heavy atom. The molecule has 0 N–H and O–H groups in total. The molecule has 180 valence electrons. The van der Waals surface area contributed by atoms with Gasteiger partial charge in [0.05, 0.1) is 0 Å². The van der Waals surface area contributed by atoms with Crippen LogP contribution in [0.15, 0.2) is 0 Å². The molecule has 1 heterocycles. The van der Waals surface area contributed by atoms with Crippen LogP contribution in [0.1, 0.15) is 0 Å². The molecule has 3 atom stereocenters. The number of hydrogen-bond acceptors (Lipinski definition) is 3. The first-order valence-corrected chi connectivity index (χ1v) is 6.13. The molecule has 1 fully saturated rings. The summed E-state index contributed by atoms with van der Waals surface area (Å²) in [6.45, 7) is 0. The zero-order valence-electron chi connectivity index (χ0n) is 12.5. The molecule has 0 aromatic carbocycles. The lowest BCUT2D eigenvalue weighted by Crippen LogP contribution is -2.66. The second-order valence-corrected chi connectivity index (χ2v) is 5.14. The first-order valence-electron chi connectivity index (χ1n) is 6.13. The Labute approximate surface area is 149 Å². The van der Waals surface area contributed by atoms with Crippen molar-refractivity contribution in [1.82, 2.24) is 0 Å². The van der Waals surface area contributed by atoms with E-state index in [9.17, 15) is 79.0 Å². The van der Waals surface area contributed by atoms with E-state index in [-0.39, 0.29) is 0 Å². The molecule has 0 amide bonds. The Morgan fingerprint density at radius 1 is 0.333 bits per heavy atom. The van der Waals surface area contributed by atoms with Gasteiger partial charge in [-0.15, -0.1) is 0 Å². The molecule has 0 unspecified atom stereocenters. The average molecular weight is 498 g/mol. The van der Waals surface area contributed by atoms with Crippen molar-refractivity contribution in [1.29, 1.82) is 0 Å². The Kier molecular flexibility index (Phi) is 5.62. The van der Waals surface area contributed by atoms with Crippen molar-refractivity contribution in [3.8, 4) is 0 Å². The van der Waals surface area contributed by atoms with Crippen LogP contribution >= 0.6 is 0 Å². The largest absolute Gasteiger partial charge is 0.458 e. The van der Waals surface area contributed by atoms with E-state index in [1.54, 1.807) is 0 Å². The molecule has 3 nitrogen and oxygen atoms in total. The van der Waals surface area contributed by atoms with Crippen LogP contribution in [0, 0.1) is 0 Å². The molecular formula is C9F18O3. The fourth-order valence-electron chi connectivity index (χ4n) is 1.57. The molecule has 1 aliphatic heterocycles. The molecule has 0 radical (unpaired) electrons. The predicted octanol–water partition coefficient (Wildman–Crippen LogP) is 5.51. The second kappa shape index (κ2) is 6.33. The highest BCUT2D eigenvalue weighted by Gasteiger charge is 2.91. The molecule has 0 aromatic heterocycles. The van der Waals surface area contributed by atoms with Gasteiger partial charge in [-0.25, -0.2) is 0 Å². The molecule has 1 rings (SSSR count). The summed E-state index contributed by atoms with van der Waals surface area (Å²) in [7, 11) is 0. The summed E-state index contributed by atoms with van der Waals surface area (Å²) >= 11 is 0. The van der Waals surface area contributed by atoms with Crippen LogP contribution in [0.2, 0.25) is 0 Å². The van der Waals surface area contributed by atoms with Gasteiger partial charge in [-0.3, -0.25) is 14.2 Å². The van der Waals surface area contributed by atoms with Crippen molar-refractivity contribution in [2.45, 2.75) is 54.4 Å². The Bertz CT molecular complexity index is 573. The van der Waals surface area contributed by atoms with E-state index < -0.39 is 54.4 Å². The van der Waals surface area contributed by atoms with Crippen LogP contribution in [0.3, 0.4) is 0 Å². The van der Waals surface area contributed by atoms with Gasteiger partial charge in [-0.2, -0.15) is 79.0 Å². The predicted molar refractivity (Wildman–Crippen MR) is 47.8 cm³/mol. The molecule has 1 aliphatic rings. The van der Waals surface area contributed by atoms with E-state index in [1.807, 2.05) is 0 Å². The third-order valence-electron chi connectivity index (χ3n) is 3.02. The van der Waals surface area contributed by atoms with Crippen molar-refractivity contribution in [2.75, 3.05) is 0 Å². The fourth-order valence-corrected chi connectivity index (χ4v) is 1.57. The minimum Gasteiger partial charge on any atom is -0.263 e. The smallest absolute Gasteiger partial charge is 0.263 e. The lowest BCUT2D eigenvalue weighted by molar-refractivity contribution is -0.543. The summed E-state index contributed by atoms with van der Waals surface area (Å²) in [6, 6.07) is 0. The maximum atomic E-state index is 13.6. The Balaban J connectivity index is 4.11. The third-order valence-corrected chi connectivity index (χ3v) is 3.02. The Hall–Kier alpha value is -1.38. The van der Waals surface area contributed by atoms with Crippen LogP contribution in [0.5, 0.6) is 0 Å². The standard InChI is InChI=1S/C9F18O3/c10-1(4(13,14)15)7(22,23)29-3(12,6(19,20)21)9(26,27)30-2(11,5(16,17)18)8(24,25)28-1/t1-,2-,3+/m0/s1. The van der Waals surface area contributed by atoms with Crippen LogP contribution in [-0.2, 0) is 14.2 Å². The number of alkyl halides is 18. The fraction of sp³-hybridized carbons (Fsp3) is 1.00. The number of hydrogen-bond donors (Lipinski definition) is 0. The van der Waals surface area contributed by atoms with Crippen LogP contribution in [0.4, 0.5) is 79.0 Å². The Morgan fingerprint density at radius 2 is 0.467 bits per heavy atom. The lowest BCUT2D eigenvalue weighted by Gasteiger charge is -2.38. The summed E-state index contributed by atoms with van der Waals surface area (Å²) < 4.78 is 237. The molecule has 0 spiro atoms. The van der Waals surface area contributed by atoms with E-state index in [2.05, 4.69) is 0 Å². The van der Waals surface area contributed by atoms with Gasteiger partial charge in [-0.1, -0.05) is 0 Å². The van der Waals surface area contributed by atoms with Crippen molar-refractivity contribution in [3.05, 3.63) is 0 Å². The van der Waals surface area contributed by atoms with E-state index in [4.69, 9.17) is 0 Å². The molecule has 0 bridgehead atoms. The van der Waals surface area contributed by atoms with Crippen molar-refractivity contribution >= 4 is 0 Å². The molecule has 30 heavy (non-hydrogen) atoms. The van der Waals surface area contributed by atoms with Crippen molar-refractivity contribution in [3.63, 3.8) is 0 Å². The quantitative estimate of drug-likeness (QED) is 0.413. The van der Waals surface area contributed by atoms with Gasteiger partial charge in [0.1, 0.15) is 0 Å². The zero-order valence-corrected chi connectivity index (χ0v) is 12.5. The number of halogens is 18. The van der Waals surface area contributed by atoms with E-state index in [0.29, 0.717) is 0 Å². The summed E-state index contributed by atoms with van der Waals surface area (Å²) in [4.78, 5) is 0. The number of ether oxygens (including phenoxy) is 3. The molecule has 0 aromatic rings. The highest BCUT2D eigenvalue weighted by molar-refractivity contribution is 5.00. The normalized spacial score (nSPS) is 37.8.